The molecule has 3 aromatic heterocycles. The van der Waals surface area contributed by atoms with Gasteiger partial charge in [-0.3, -0.25) is 0 Å². The second-order valence-corrected chi connectivity index (χ2v) is 3.97. The number of aromatic nitrogens is 4. The highest BCUT2D eigenvalue weighted by molar-refractivity contribution is 5.86. The molecule has 0 aliphatic rings. The van der Waals surface area contributed by atoms with Gasteiger partial charge < -0.3 is 20.6 Å². The molecule has 0 aromatic carbocycles. The van der Waals surface area contributed by atoms with E-state index in [1.54, 1.807) is 12.5 Å². The summed E-state index contributed by atoms with van der Waals surface area (Å²) < 4.78 is 4.87. The summed E-state index contributed by atoms with van der Waals surface area (Å²) in [5.41, 5.74) is 9.09. The molecule has 92 valence electrons. The molecule has 0 aliphatic heterocycles. The number of anilines is 2. The summed E-state index contributed by atoms with van der Waals surface area (Å²) in [7, 11) is 0. The standard InChI is InChI=1S/C11H12N6O/c1-6-5-18-17-8(6)4-14-10-9-7(2-3-13-9)15-11(12)16-10/h2-3,5,13H,4H2,1H3,(H3,12,14,15,16). The van der Waals surface area contributed by atoms with Gasteiger partial charge in [-0.1, -0.05) is 5.16 Å². The second kappa shape index (κ2) is 4.02. The van der Waals surface area contributed by atoms with E-state index < -0.39 is 0 Å². The highest BCUT2D eigenvalue weighted by Crippen LogP contribution is 2.20. The fourth-order valence-corrected chi connectivity index (χ4v) is 1.74. The second-order valence-electron chi connectivity index (χ2n) is 3.97. The van der Waals surface area contributed by atoms with Crippen molar-refractivity contribution in [1.29, 1.82) is 0 Å². The molecule has 7 nitrogen and oxygen atoms in total. The van der Waals surface area contributed by atoms with Gasteiger partial charge in [0, 0.05) is 11.8 Å². The minimum absolute atomic E-state index is 0.237. The summed E-state index contributed by atoms with van der Waals surface area (Å²) in [5.74, 6) is 0.895. The molecule has 18 heavy (non-hydrogen) atoms. The van der Waals surface area contributed by atoms with Crippen molar-refractivity contribution in [3.63, 3.8) is 0 Å². The molecule has 0 amide bonds. The molecule has 7 heteroatoms. The normalized spacial score (nSPS) is 10.9. The average molecular weight is 244 g/mol. The summed E-state index contributed by atoms with van der Waals surface area (Å²) >= 11 is 0. The van der Waals surface area contributed by atoms with E-state index in [1.807, 2.05) is 13.0 Å². The van der Waals surface area contributed by atoms with Crippen LogP contribution in [0.4, 0.5) is 11.8 Å². The maximum atomic E-state index is 5.65. The van der Waals surface area contributed by atoms with Crippen molar-refractivity contribution >= 4 is 22.8 Å². The maximum absolute atomic E-state index is 5.65. The highest BCUT2D eigenvalue weighted by atomic mass is 16.5. The van der Waals surface area contributed by atoms with Crippen LogP contribution in [0.3, 0.4) is 0 Å². The number of nitrogen functional groups attached to an aromatic ring is 1. The molecule has 0 aliphatic carbocycles. The van der Waals surface area contributed by atoms with Gasteiger partial charge in [0.05, 0.1) is 12.1 Å². The topological polar surface area (TPSA) is 106 Å². The molecule has 3 aromatic rings. The first-order valence-electron chi connectivity index (χ1n) is 5.48. The Bertz CT molecular complexity index is 686. The Labute approximate surface area is 102 Å². The van der Waals surface area contributed by atoms with Crippen LogP contribution in [0.15, 0.2) is 23.0 Å². The quantitative estimate of drug-likeness (QED) is 0.644. The summed E-state index contributed by atoms with van der Waals surface area (Å²) in [4.78, 5) is 11.4. The van der Waals surface area contributed by atoms with E-state index in [4.69, 9.17) is 10.3 Å². The van der Waals surface area contributed by atoms with Crippen molar-refractivity contribution in [2.45, 2.75) is 13.5 Å². The van der Waals surface area contributed by atoms with Gasteiger partial charge in [0.15, 0.2) is 5.82 Å². The Hall–Kier alpha value is -2.57. The number of hydrogen-bond donors (Lipinski definition) is 3. The van der Waals surface area contributed by atoms with Crippen LogP contribution in [0, 0.1) is 6.92 Å². The molecule has 0 fully saturated rings. The molecular weight excluding hydrogens is 232 g/mol. The third-order valence-corrected chi connectivity index (χ3v) is 2.69. The van der Waals surface area contributed by atoms with Gasteiger partial charge in [-0.2, -0.15) is 4.98 Å². The van der Waals surface area contributed by atoms with Crippen molar-refractivity contribution in [1.82, 2.24) is 20.1 Å². The number of nitrogens with zero attached hydrogens (tertiary/aromatic N) is 3. The van der Waals surface area contributed by atoms with Crippen molar-refractivity contribution in [2.24, 2.45) is 0 Å². The van der Waals surface area contributed by atoms with Crippen LogP contribution in [-0.4, -0.2) is 20.1 Å². The lowest BCUT2D eigenvalue weighted by atomic mass is 10.3. The number of fused-ring (bicyclic) bond motifs is 1. The van der Waals surface area contributed by atoms with Crippen LogP contribution < -0.4 is 11.1 Å². The van der Waals surface area contributed by atoms with Crippen LogP contribution in [0.2, 0.25) is 0 Å². The molecule has 4 N–H and O–H groups in total. The van der Waals surface area contributed by atoms with Crippen molar-refractivity contribution in [3.05, 3.63) is 29.8 Å². The van der Waals surface area contributed by atoms with Gasteiger partial charge >= 0.3 is 0 Å². The monoisotopic (exact) mass is 244 g/mol. The fraction of sp³-hybridized carbons (Fsp3) is 0.182. The molecule has 0 unspecified atom stereocenters. The van der Waals surface area contributed by atoms with Gasteiger partial charge in [0.25, 0.3) is 0 Å². The molecule has 3 heterocycles. The Balaban J connectivity index is 1.90. The zero-order chi connectivity index (χ0) is 12.5. The van der Waals surface area contributed by atoms with Crippen molar-refractivity contribution in [2.75, 3.05) is 11.1 Å². The van der Waals surface area contributed by atoms with E-state index in [9.17, 15) is 0 Å². The van der Waals surface area contributed by atoms with Gasteiger partial charge in [-0.25, -0.2) is 4.98 Å². The van der Waals surface area contributed by atoms with Crippen LogP contribution in [0.1, 0.15) is 11.3 Å². The average Bonchev–Trinajstić information content (AvgIpc) is 2.94. The molecule has 0 spiro atoms. The lowest BCUT2D eigenvalue weighted by Gasteiger charge is -2.05. The van der Waals surface area contributed by atoms with Crippen molar-refractivity contribution < 1.29 is 4.52 Å². The molecule has 3 rings (SSSR count). The van der Waals surface area contributed by atoms with Crippen LogP contribution in [-0.2, 0) is 6.54 Å². The number of aryl methyl sites for hydroxylation is 1. The number of rotatable bonds is 3. The molecule has 0 atom stereocenters. The highest BCUT2D eigenvalue weighted by Gasteiger charge is 2.08. The Morgan fingerprint density at radius 2 is 2.33 bits per heavy atom. The van der Waals surface area contributed by atoms with Gasteiger partial charge in [0.1, 0.15) is 17.5 Å². The van der Waals surface area contributed by atoms with Gasteiger partial charge in [-0.15, -0.1) is 0 Å². The SMILES string of the molecule is Cc1conc1CNc1nc(N)nc2cc[nH]c12. The van der Waals surface area contributed by atoms with E-state index in [2.05, 4.69) is 25.4 Å². The number of aromatic amines is 1. The zero-order valence-electron chi connectivity index (χ0n) is 9.77. The third kappa shape index (κ3) is 1.75. The van der Waals surface area contributed by atoms with E-state index in [-0.39, 0.29) is 5.95 Å². The Kier molecular flexibility index (Phi) is 2.36. The molecular formula is C11H12N6O. The predicted octanol–water partition coefficient (Wildman–Crippen LogP) is 1.45. The lowest BCUT2D eigenvalue weighted by Crippen LogP contribution is -2.06. The summed E-state index contributed by atoms with van der Waals surface area (Å²) in [6.45, 7) is 2.46. The predicted molar refractivity (Wildman–Crippen MR) is 66.9 cm³/mol. The first-order valence-corrected chi connectivity index (χ1v) is 5.48. The summed E-state index contributed by atoms with van der Waals surface area (Å²) in [6, 6.07) is 1.85. The number of hydrogen-bond acceptors (Lipinski definition) is 6. The molecule has 0 saturated heterocycles. The van der Waals surface area contributed by atoms with E-state index in [0.29, 0.717) is 12.4 Å². The largest absolute Gasteiger partial charge is 0.368 e. The molecule has 0 saturated carbocycles. The minimum atomic E-state index is 0.237. The molecule has 0 bridgehead atoms. The number of nitrogens with two attached hydrogens (primary N) is 1. The van der Waals surface area contributed by atoms with Crippen molar-refractivity contribution in [3.8, 4) is 0 Å². The number of nitrogens with one attached hydrogen (secondary N) is 2. The maximum Gasteiger partial charge on any atom is 0.222 e. The van der Waals surface area contributed by atoms with Gasteiger partial charge in [0.2, 0.25) is 5.95 Å². The first-order chi connectivity index (χ1) is 8.74. The lowest BCUT2D eigenvalue weighted by molar-refractivity contribution is 0.412. The number of H-pyrrole nitrogens is 1. The zero-order valence-corrected chi connectivity index (χ0v) is 9.77. The Morgan fingerprint density at radius 1 is 1.44 bits per heavy atom. The fourth-order valence-electron chi connectivity index (χ4n) is 1.74. The smallest absolute Gasteiger partial charge is 0.222 e. The van der Waals surface area contributed by atoms with E-state index >= 15 is 0 Å². The third-order valence-electron chi connectivity index (χ3n) is 2.69. The summed E-state index contributed by atoms with van der Waals surface area (Å²) in [6.07, 6.45) is 3.40. The van der Waals surface area contributed by atoms with Crippen LogP contribution in [0.25, 0.3) is 11.0 Å². The minimum Gasteiger partial charge on any atom is -0.368 e. The molecule has 0 radical (unpaired) electrons. The summed E-state index contributed by atoms with van der Waals surface area (Å²) in [5, 5.41) is 7.07. The van der Waals surface area contributed by atoms with E-state index in [1.165, 1.54) is 0 Å². The van der Waals surface area contributed by atoms with Crippen LogP contribution >= 0.6 is 0 Å². The Morgan fingerprint density at radius 3 is 3.11 bits per heavy atom. The van der Waals surface area contributed by atoms with Crippen LogP contribution in [0.5, 0.6) is 0 Å². The van der Waals surface area contributed by atoms with E-state index in [0.717, 1.165) is 22.3 Å². The first kappa shape index (κ1) is 10.6. The van der Waals surface area contributed by atoms with Gasteiger partial charge in [-0.05, 0) is 13.0 Å².